The van der Waals surface area contributed by atoms with Gasteiger partial charge < -0.3 is 19.6 Å². The molecule has 0 aliphatic heterocycles. The molecule has 0 bridgehead atoms. The van der Waals surface area contributed by atoms with Gasteiger partial charge in [-0.25, -0.2) is 13.8 Å². The number of nitrogens with zero attached hydrogens (tertiary/aromatic N) is 7. The number of nitrogens with two attached hydrogens (primary N) is 1. The first-order valence-corrected chi connectivity index (χ1v) is 13.4. The van der Waals surface area contributed by atoms with Gasteiger partial charge in [0, 0.05) is 63.2 Å². The SMILES string of the molecule is Cn1cnnc1C1(c2cccc(N(Cc3cc(C(N)=O)c4nccn4c3)[C@H]3CCC(F)(F)C3)c2)CC(CC#N)C1. The zero-order valence-electron chi connectivity index (χ0n) is 22.2. The minimum absolute atomic E-state index is 0.167. The molecular formula is C29H30F2N8O. The molecule has 2 aliphatic carbocycles. The van der Waals surface area contributed by atoms with E-state index in [1.807, 2.05) is 40.9 Å². The quantitative estimate of drug-likeness (QED) is 0.352. The number of hydrogen-bond acceptors (Lipinski definition) is 6. The van der Waals surface area contributed by atoms with Crippen LogP contribution < -0.4 is 10.6 Å². The summed E-state index contributed by atoms with van der Waals surface area (Å²) in [5.41, 5.74) is 8.58. The molecule has 9 nitrogen and oxygen atoms in total. The van der Waals surface area contributed by atoms with Gasteiger partial charge in [-0.05, 0) is 54.5 Å². The standard InChI is InChI=1S/C29H30F2N8O/c1-37-18-35-36-27(37)28(13-19(14-28)6-8-32)21-3-2-4-22(12-21)39(23-5-7-29(30,31)15-23)17-20-11-24(25(33)40)26-34-9-10-38(26)16-20/h2-4,9-12,16,18-19,23H,5-7,13-15,17H2,1H3,(H2,33,40)/t19?,23-,28?/m0/s1. The van der Waals surface area contributed by atoms with E-state index >= 15 is 0 Å². The Bertz CT molecular complexity index is 1610. The Morgan fingerprint density at radius 3 is 2.77 bits per heavy atom. The molecule has 1 atom stereocenters. The highest BCUT2D eigenvalue weighted by molar-refractivity contribution is 5.98. The number of hydrogen-bond donors (Lipinski definition) is 1. The van der Waals surface area contributed by atoms with Crippen LogP contribution in [0.25, 0.3) is 5.65 Å². The summed E-state index contributed by atoms with van der Waals surface area (Å²) >= 11 is 0. The number of halogens is 2. The van der Waals surface area contributed by atoms with Gasteiger partial charge >= 0.3 is 0 Å². The lowest BCUT2D eigenvalue weighted by molar-refractivity contribution is 0.00770. The van der Waals surface area contributed by atoms with Crippen LogP contribution in [-0.2, 0) is 19.0 Å². The third-order valence-corrected chi connectivity index (χ3v) is 8.50. The molecular weight excluding hydrogens is 514 g/mol. The van der Waals surface area contributed by atoms with Crippen LogP contribution in [0.15, 0.2) is 55.2 Å². The number of benzene rings is 1. The average molecular weight is 545 g/mol. The highest BCUT2D eigenvalue weighted by atomic mass is 19.3. The summed E-state index contributed by atoms with van der Waals surface area (Å²) in [6.45, 7) is 0.312. The molecule has 40 heavy (non-hydrogen) atoms. The van der Waals surface area contributed by atoms with Crippen LogP contribution in [0.1, 0.15) is 65.8 Å². The molecule has 3 heterocycles. The average Bonchev–Trinajstić information content (AvgIpc) is 3.64. The van der Waals surface area contributed by atoms with Crippen molar-refractivity contribution in [2.45, 2.75) is 62.4 Å². The second-order valence-electron chi connectivity index (χ2n) is 11.2. The molecule has 0 spiro atoms. The molecule has 0 radical (unpaired) electrons. The number of imidazole rings is 1. The topological polar surface area (TPSA) is 118 Å². The van der Waals surface area contributed by atoms with E-state index in [1.54, 1.807) is 29.2 Å². The van der Waals surface area contributed by atoms with E-state index in [1.165, 1.54) is 0 Å². The maximum atomic E-state index is 14.5. The zero-order chi connectivity index (χ0) is 28.1. The number of pyridine rings is 1. The van der Waals surface area contributed by atoms with E-state index in [9.17, 15) is 18.8 Å². The molecule has 1 aromatic carbocycles. The predicted molar refractivity (Wildman–Crippen MR) is 144 cm³/mol. The summed E-state index contributed by atoms with van der Waals surface area (Å²) in [5, 5.41) is 17.8. The fourth-order valence-corrected chi connectivity index (χ4v) is 6.63. The molecule has 0 unspecified atom stereocenters. The van der Waals surface area contributed by atoms with Crippen molar-refractivity contribution in [3.8, 4) is 6.07 Å². The van der Waals surface area contributed by atoms with Gasteiger partial charge in [0.05, 0.1) is 17.0 Å². The molecule has 1 amide bonds. The Balaban J connectivity index is 1.41. The second kappa shape index (κ2) is 9.70. The third kappa shape index (κ3) is 4.47. The van der Waals surface area contributed by atoms with E-state index in [0.717, 1.165) is 35.5 Å². The van der Waals surface area contributed by atoms with E-state index < -0.39 is 17.2 Å². The molecule has 2 fully saturated rings. The van der Waals surface area contributed by atoms with Crippen LogP contribution in [0.5, 0.6) is 0 Å². The van der Waals surface area contributed by atoms with Gasteiger partial charge in [-0.2, -0.15) is 5.26 Å². The van der Waals surface area contributed by atoms with Crippen molar-refractivity contribution < 1.29 is 13.6 Å². The maximum Gasteiger partial charge on any atom is 0.252 e. The molecule has 4 aromatic rings. The number of primary amides is 1. The van der Waals surface area contributed by atoms with Crippen LogP contribution in [0, 0.1) is 17.2 Å². The Labute approximate surface area is 230 Å². The monoisotopic (exact) mass is 544 g/mol. The van der Waals surface area contributed by atoms with Crippen molar-refractivity contribution in [3.05, 3.63) is 77.8 Å². The number of carbonyl (C=O) groups is 1. The summed E-state index contributed by atoms with van der Waals surface area (Å²) in [4.78, 5) is 18.4. The Hall–Kier alpha value is -4.33. The number of aryl methyl sites for hydroxylation is 1. The zero-order valence-corrected chi connectivity index (χ0v) is 22.2. The largest absolute Gasteiger partial charge is 0.365 e. The lowest BCUT2D eigenvalue weighted by Crippen LogP contribution is -2.44. The summed E-state index contributed by atoms with van der Waals surface area (Å²) in [7, 11) is 1.91. The molecule has 0 saturated heterocycles. The van der Waals surface area contributed by atoms with E-state index in [-0.39, 0.29) is 30.4 Å². The van der Waals surface area contributed by atoms with Crippen molar-refractivity contribution in [1.29, 1.82) is 5.26 Å². The maximum absolute atomic E-state index is 14.5. The molecule has 11 heteroatoms. The minimum Gasteiger partial charge on any atom is -0.365 e. The number of fused-ring (bicyclic) bond motifs is 1. The molecule has 206 valence electrons. The Kier molecular flexibility index (Phi) is 6.28. The fraction of sp³-hybridized carbons (Fsp3) is 0.414. The first-order chi connectivity index (χ1) is 19.2. The van der Waals surface area contributed by atoms with Gasteiger partial charge in [-0.1, -0.05) is 12.1 Å². The highest BCUT2D eigenvalue weighted by Crippen LogP contribution is 2.53. The number of amides is 1. The Morgan fingerprint density at radius 1 is 1.27 bits per heavy atom. The number of nitriles is 1. The Morgan fingerprint density at radius 2 is 2.10 bits per heavy atom. The first kappa shape index (κ1) is 25.9. The molecule has 2 aliphatic rings. The van der Waals surface area contributed by atoms with Gasteiger partial charge in [0.15, 0.2) is 0 Å². The van der Waals surface area contributed by atoms with Crippen molar-refractivity contribution in [2.75, 3.05) is 4.90 Å². The van der Waals surface area contributed by atoms with Crippen LogP contribution in [0.4, 0.5) is 14.5 Å². The molecule has 2 N–H and O–H groups in total. The summed E-state index contributed by atoms with van der Waals surface area (Å²) in [6.07, 6.45) is 8.80. The summed E-state index contributed by atoms with van der Waals surface area (Å²) in [6, 6.07) is 11.6. The third-order valence-electron chi connectivity index (χ3n) is 8.50. The highest BCUT2D eigenvalue weighted by Gasteiger charge is 2.50. The number of rotatable bonds is 8. The normalized spacial score (nSPS) is 23.6. The molecule has 6 rings (SSSR count). The van der Waals surface area contributed by atoms with Crippen molar-refractivity contribution in [2.24, 2.45) is 18.7 Å². The van der Waals surface area contributed by atoms with Gasteiger partial charge in [-0.3, -0.25) is 4.79 Å². The second-order valence-corrected chi connectivity index (χ2v) is 11.2. The number of alkyl halides is 2. The number of aromatic nitrogens is 5. The minimum atomic E-state index is -2.73. The molecule has 2 saturated carbocycles. The van der Waals surface area contributed by atoms with E-state index in [2.05, 4.69) is 27.3 Å². The fourth-order valence-electron chi connectivity index (χ4n) is 6.63. The van der Waals surface area contributed by atoms with Crippen LogP contribution >= 0.6 is 0 Å². The van der Waals surface area contributed by atoms with E-state index in [4.69, 9.17) is 5.73 Å². The predicted octanol–water partition coefficient (Wildman–Crippen LogP) is 4.37. The molecule has 3 aromatic heterocycles. The smallest absolute Gasteiger partial charge is 0.252 e. The van der Waals surface area contributed by atoms with Gasteiger partial charge in [0.25, 0.3) is 5.91 Å². The number of carbonyl (C=O) groups excluding carboxylic acids is 1. The van der Waals surface area contributed by atoms with Gasteiger partial charge in [0.1, 0.15) is 17.8 Å². The lowest BCUT2D eigenvalue weighted by Gasteiger charge is -2.47. The summed E-state index contributed by atoms with van der Waals surface area (Å²) in [5.74, 6) is -2.24. The lowest BCUT2D eigenvalue weighted by atomic mass is 9.57. The van der Waals surface area contributed by atoms with Gasteiger partial charge in [-0.15, -0.1) is 10.2 Å². The van der Waals surface area contributed by atoms with Crippen molar-refractivity contribution in [1.82, 2.24) is 24.1 Å². The van der Waals surface area contributed by atoms with Crippen LogP contribution in [0.2, 0.25) is 0 Å². The first-order valence-electron chi connectivity index (χ1n) is 13.4. The van der Waals surface area contributed by atoms with Crippen LogP contribution in [0.3, 0.4) is 0 Å². The number of anilines is 1. The van der Waals surface area contributed by atoms with Crippen LogP contribution in [-0.4, -0.2) is 42.0 Å². The van der Waals surface area contributed by atoms with Crippen molar-refractivity contribution in [3.63, 3.8) is 0 Å². The van der Waals surface area contributed by atoms with Gasteiger partial charge in [0.2, 0.25) is 5.92 Å². The van der Waals surface area contributed by atoms with E-state index in [0.29, 0.717) is 25.0 Å². The van der Waals surface area contributed by atoms with Crippen molar-refractivity contribution >= 4 is 17.2 Å². The summed E-state index contributed by atoms with van der Waals surface area (Å²) < 4.78 is 32.6.